The zero-order chi connectivity index (χ0) is 15.1. The van der Waals surface area contributed by atoms with E-state index in [1.54, 1.807) is 12.4 Å². The summed E-state index contributed by atoms with van der Waals surface area (Å²) in [4.78, 5) is 8.23. The van der Waals surface area contributed by atoms with Crippen LogP contribution >= 0.6 is 15.9 Å². The predicted molar refractivity (Wildman–Crippen MR) is 90.6 cm³/mol. The van der Waals surface area contributed by atoms with Crippen LogP contribution in [0.15, 0.2) is 46.2 Å². The fourth-order valence-electron chi connectivity index (χ4n) is 1.86. The van der Waals surface area contributed by atoms with Crippen molar-refractivity contribution in [1.82, 2.24) is 9.97 Å². The zero-order valence-corrected chi connectivity index (χ0v) is 13.9. The summed E-state index contributed by atoms with van der Waals surface area (Å²) in [5.74, 6) is 0.483. The van der Waals surface area contributed by atoms with E-state index in [1.807, 2.05) is 6.92 Å². The molecule has 0 radical (unpaired) electrons. The molecule has 4 nitrogen and oxygen atoms in total. The van der Waals surface area contributed by atoms with E-state index in [0.717, 1.165) is 22.2 Å². The maximum absolute atomic E-state index is 4.31. The number of hydrazone groups is 1. The molecule has 21 heavy (non-hydrogen) atoms. The van der Waals surface area contributed by atoms with Gasteiger partial charge in [0.15, 0.2) is 0 Å². The minimum Gasteiger partial charge on any atom is -0.245 e. The molecule has 1 aromatic carbocycles. The van der Waals surface area contributed by atoms with E-state index in [0.29, 0.717) is 5.95 Å². The molecular weight excluding hydrogens is 328 g/mol. The highest BCUT2D eigenvalue weighted by Crippen LogP contribution is 2.10. The van der Waals surface area contributed by atoms with E-state index < -0.39 is 0 Å². The van der Waals surface area contributed by atoms with Crippen LogP contribution in [0.4, 0.5) is 5.95 Å². The Kier molecular flexibility index (Phi) is 5.87. The molecule has 0 saturated heterocycles. The molecule has 1 aromatic heterocycles. The Bertz CT molecular complexity index is 591. The third kappa shape index (κ3) is 4.93. The molecule has 5 heteroatoms. The minimum absolute atomic E-state index is 0.483. The second-order valence-corrected chi connectivity index (χ2v) is 5.75. The van der Waals surface area contributed by atoms with E-state index in [4.69, 9.17) is 0 Å². The maximum atomic E-state index is 4.31. The molecule has 110 valence electrons. The van der Waals surface area contributed by atoms with Gasteiger partial charge in [0.1, 0.15) is 0 Å². The number of nitrogens with zero attached hydrogens (tertiary/aromatic N) is 3. The van der Waals surface area contributed by atoms with Gasteiger partial charge in [0.2, 0.25) is 5.95 Å². The normalized spacial score (nSPS) is 11.5. The summed E-state index contributed by atoms with van der Waals surface area (Å²) in [6, 6.07) is 8.54. The van der Waals surface area contributed by atoms with Crippen LogP contribution in [0.2, 0.25) is 0 Å². The molecular formula is C16H19BrN4. The van der Waals surface area contributed by atoms with Gasteiger partial charge in [-0.1, -0.05) is 37.6 Å². The average molecular weight is 347 g/mol. The number of aromatic nitrogens is 2. The van der Waals surface area contributed by atoms with Crippen molar-refractivity contribution < 1.29 is 0 Å². The molecule has 0 aliphatic heterocycles. The molecule has 2 aromatic rings. The SMILES string of the molecule is CCCCc1ccc(/C(C)=N/Nc2ncc(Br)cn2)cc1. The van der Waals surface area contributed by atoms with Crippen LogP contribution in [-0.4, -0.2) is 15.7 Å². The summed E-state index contributed by atoms with van der Waals surface area (Å²) < 4.78 is 0.844. The van der Waals surface area contributed by atoms with Gasteiger partial charge in [-0.3, -0.25) is 0 Å². The highest BCUT2D eigenvalue weighted by Gasteiger charge is 1.99. The summed E-state index contributed by atoms with van der Waals surface area (Å²) in [5.41, 5.74) is 6.24. The van der Waals surface area contributed by atoms with E-state index in [2.05, 4.69) is 67.6 Å². The van der Waals surface area contributed by atoms with Crippen molar-refractivity contribution in [3.05, 3.63) is 52.3 Å². The van der Waals surface area contributed by atoms with Crippen LogP contribution in [0.5, 0.6) is 0 Å². The Hall–Kier alpha value is -1.75. The van der Waals surface area contributed by atoms with Gasteiger partial charge in [-0.2, -0.15) is 5.10 Å². The molecule has 0 unspecified atom stereocenters. The zero-order valence-electron chi connectivity index (χ0n) is 12.3. The summed E-state index contributed by atoms with van der Waals surface area (Å²) >= 11 is 3.30. The number of hydrogen-bond donors (Lipinski definition) is 1. The van der Waals surface area contributed by atoms with Crippen molar-refractivity contribution in [3.8, 4) is 0 Å². The highest BCUT2D eigenvalue weighted by atomic mass is 79.9. The third-order valence-electron chi connectivity index (χ3n) is 3.13. The van der Waals surface area contributed by atoms with Crippen LogP contribution in [-0.2, 0) is 6.42 Å². The number of benzene rings is 1. The van der Waals surface area contributed by atoms with Crippen LogP contribution in [0, 0.1) is 0 Å². The molecule has 0 atom stereocenters. The number of unbranched alkanes of at least 4 members (excludes halogenated alkanes) is 1. The lowest BCUT2D eigenvalue weighted by Crippen LogP contribution is -2.02. The second kappa shape index (κ2) is 7.88. The van der Waals surface area contributed by atoms with Gasteiger partial charge in [-0.15, -0.1) is 0 Å². The summed E-state index contributed by atoms with van der Waals surface area (Å²) in [6.07, 6.45) is 6.96. The second-order valence-electron chi connectivity index (χ2n) is 4.83. The van der Waals surface area contributed by atoms with E-state index >= 15 is 0 Å². The van der Waals surface area contributed by atoms with Gasteiger partial charge in [0.05, 0.1) is 10.2 Å². The Morgan fingerprint density at radius 1 is 1.19 bits per heavy atom. The van der Waals surface area contributed by atoms with E-state index in [9.17, 15) is 0 Å². The lowest BCUT2D eigenvalue weighted by Gasteiger charge is -2.04. The molecule has 1 heterocycles. The van der Waals surface area contributed by atoms with E-state index in [1.165, 1.54) is 18.4 Å². The monoisotopic (exact) mass is 346 g/mol. The van der Waals surface area contributed by atoms with Crippen LogP contribution in [0.3, 0.4) is 0 Å². The number of anilines is 1. The van der Waals surface area contributed by atoms with Crippen molar-refractivity contribution in [2.45, 2.75) is 33.1 Å². The summed E-state index contributed by atoms with van der Waals surface area (Å²) in [6.45, 7) is 4.17. The lowest BCUT2D eigenvalue weighted by molar-refractivity contribution is 0.795. The molecule has 0 spiro atoms. The topological polar surface area (TPSA) is 50.2 Å². The Morgan fingerprint density at radius 3 is 2.48 bits per heavy atom. The van der Waals surface area contributed by atoms with Crippen LogP contribution in [0.25, 0.3) is 0 Å². The van der Waals surface area contributed by atoms with Crippen LogP contribution in [0.1, 0.15) is 37.8 Å². The molecule has 0 saturated carbocycles. The van der Waals surface area contributed by atoms with Gasteiger partial charge in [-0.05, 0) is 46.8 Å². The quantitative estimate of drug-likeness (QED) is 0.622. The minimum atomic E-state index is 0.483. The first-order valence-electron chi connectivity index (χ1n) is 7.06. The van der Waals surface area contributed by atoms with Crippen molar-refractivity contribution in [1.29, 1.82) is 0 Å². The molecule has 1 N–H and O–H groups in total. The molecule has 2 rings (SSSR count). The molecule has 0 bridgehead atoms. The van der Waals surface area contributed by atoms with Gasteiger partial charge in [0.25, 0.3) is 0 Å². The average Bonchev–Trinajstić information content (AvgIpc) is 2.52. The fraction of sp³-hybridized carbons (Fsp3) is 0.312. The Morgan fingerprint density at radius 2 is 1.86 bits per heavy atom. The van der Waals surface area contributed by atoms with E-state index in [-0.39, 0.29) is 0 Å². The Labute approximate surface area is 133 Å². The van der Waals surface area contributed by atoms with Crippen molar-refractivity contribution in [2.24, 2.45) is 5.10 Å². The number of nitrogens with one attached hydrogen (secondary N) is 1. The first-order valence-corrected chi connectivity index (χ1v) is 7.85. The molecule has 0 amide bonds. The molecule has 0 aliphatic carbocycles. The standard InChI is InChI=1S/C16H19BrN4/c1-3-4-5-13-6-8-14(9-7-13)12(2)20-21-16-18-10-15(17)11-19-16/h6-11H,3-5H2,1-2H3,(H,18,19,21)/b20-12+. The number of hydrogen-bond acceptors (Lipinski definition) is 4. The summed E-state index contributed by atoms with van der Waals surface area (Å²) in [5, 5.41) is 4.31. The lowest BCUT2D eigenvalue weighted by atomic mass is 10.0. The highest BCUT2D eigenvalue weighted by molar-refractivity contribution is 9.10. The summed E-state index contributed by atoms with van der Waals surface area (Å²) in [7, 11) is 0. The van der Waals surface area contributed by atoms with Gasteiger partial charge < -0.3 is 0 Å². The van der Waals surface area contributed by atoms with Crippen LogP contribution < -0.4 is 5.43 Å². The number of aryl methyl sites for hydroxylation is 1. The first kappa shape index (κ1) is 15.6. The van der Waals surface area contributed by atoms with Crippen molar-refractivity contribution >= 4 is 27.6 Å². The smallest absolute Gasteiger partial charge is 0.243 e. The fourth-order valence-corrected chi connectivity index (χ4v) is 2.07. The van der Waals surface area contributed by atoms with Crippen molar-refractivity contribution in [3.63, 3.8) is 0 Å². The Balaban J connectivity index is 1.99. The predicted octanol–water partition coefficient (Wildman–Crippen LogP) is 4.42. The third-order valence-corrected chi connectivity index (χ3v) is 3.54. The molecule has 0 fully saturated rings. The number of rotatable bonds is 6. The number of halogens is 1. The van der Waals surface area contributed by atoms with Crippen molar-refractivity contribution in [2.75, 3.05) is 5.43 Å². The van der Waals surface area contributed by atoms with Gasteiger partial charge in [0, 0.05) is 12.4 Å². The van der Waals surface area contributed by atoms with Gasteiger partial charge in [-0.25, -0.2) is 15.4 Å². The first-order chi connectivity index (χ1) is 10.2. The largest absolute Gasteiger partial charge is 0.245 e. The molecule has 0 aliphatic rings. The maximum Gasteiger partial charge on any atom is 0.243 e. The van der Waals surface area contributed by atoms with Gasteiger partial charge >= 0.3 is 0 Å².